The molecule has 0 aromatic carbocycles. The first-order valence-electron chi connectivity index (χ1n) is 14.1. The number of nitrogens with one attached hydrogen (secondary N) is 1. The Hall–Kier alpha value is -3.26. The molecule has 1 amide bonds. The smallest absolute Gasteiger partial charge is 0.262 e. The van der Waals surface area contributed by atoms with Gasteiger partial charge >= 0.3 is 0 Å². The van der Waals surface area contributed by atoms with Crippen molar-refractivity contribution in [2.45, 2.75) is 78.2 Å². The number of anilines is 1. The molecular weight excluding hydrogens is 474 g/mol. The van der Waals surface area contributed by atoms with E-state index < -0.39 is 0 Å². The molecule has 8 nitrogen and oxygen atoms in total. The molecule has 0 radical (unpaired) electrons. The highest BCUT2D eigenvalue weighted by Crippen LogP contribution is 2.45. The molecule has 1 N–H and O–H groups in total. The van der Waals surface area contributed by atoms with Gasteiger partial charge in [-0.05, 0) is 82.0 Å². The van der Waals surface area contributed by atoms with E-state index in [1.807, 2.05) is 4.68 Å². The summed E-state index contributed by atoms with van der Waals surface area (Å²) in [5.74, 6) is 1.75. The van der Waals surface area contributed by atoms with Crippen LogP contribution in [-0.4, -0.2) is 54.3 Å². The van der Waals surface area contributed by atoms with Crippen molar-refractivity contribution in [2.75, 3.05) is 18.4 Å². The molecule has 3 aromatic rings. The molecule has 8 heteroatoms. The number of hydrogen-bond donors (Lipinski definition) is 1. The number of fused-ring (bicyclic) bond motifs is 1. The maximum atomic E-state index is 13.3. The SMILES string of the molecule is CC1=CC=C(n2nc(C3CCN(C4CC(C(C)(C)C)C4)CC3)cc2NC(=O)c2cnn3cccnc23)CC1. The average molecular weight is 514 g/mol. The van der Waals surface area contributed by atoms with Crippen molar-refractivity contribution >= 4 is 23.1 Å². The molecule has 200 valence electrons. The van der Waals surface area contributed by atoms with Crippen molar-refractivity contribution in [3.8, 4) is 0 Å². The fraction of sp³-hybridized carbons (Fsp3) is 0.533. The lowest BCUT2D eigenvalue weighted by Gasteiger charge is -2.50. The van der Waals surface area contributed by atoms with E-state index in [-0.39, 0.29) is 5.91 Å². The number of rotatable bonds is 5. The van der Waals surface area contributed by atoms with Crippen LogP contribution in [0.3, 0.4) is 0 Å². The van der Waals surface area contributed by atoms with Crippen LogP contribution in [0.25, 0.3) is 11.3 Å². The third-order valence-electron chi connectivity index (χ3n) is 8.90. The van der Waals surface area contributed by atoms with Crippen molar-refractivity contribution in [1.29, 1.82) is 0 Å². The van der Waals surface area contributed by atoms with E-state index in [0.717, 1.165) is 62.1 Å². The Balaban J connectivity index is 1.20. The number of amides is 1. The van der Waals surface area contributed by atoms with E-state index in [0.29, 0.717) is 28.4 Å². The number of aromatic nitrogens is 5. The van der Waals surface area contributed by atoms with Crippen molar-refractivity contribution in [2.24, 2.45) is 11.3 Å². The van der Waals surface area contributed by atoms with Gasteiger partial charge in [0.2, 0.25) is 0 Å². The molecule has 2 aliphatic carbocycles. The highest BCUT2D eigenvalue weighted by Gasteiger charge is 2.41. The number of allylic oxidation sites excluding steroid dienone is 4. The fourth-order valence-corrected chi connectivity index (χ4v) is 6.14. The summed E-state index contributed by atoms with van der Waals surface area (Å²) in [4.78, 5) is 20.4. The van der Waals surface area contributed by atoms with Gasteiger partial charge in [0.25, 0.3) is 5.91 Å². The van der Waals surface area contributed by atoms with E-state index >= 15 is 0 Å². The largest absolute Gasteiger partial charge is 0.306 e. The lowest BCUT2D eigenvalue weighted by atomic mass is 9.65. The molecule has 38 heavy (non-hydrogen) atoms. The molecule has 3 aliphatic rings. The Morgan fingerprint density at radius 1 is 1.11 bits per heavy atom. The third-order valence-corrected chi connectivity index (χ3v) is 8.90. The summed E-state index contributed by atoms with van der Waals surface area (Å²) in [6, 6.07) is 4.63. The van der Waals surface area contributed by atoms with Crippen molar-refractivity contribution < 1.29 is 4.79 Å². The Morgan fingerprint density at radius 3 is 2.61 bits per heavy atom. The first-order chi connectivity index (χ1) is 18.3. The maximum Gasteiger partial charge on any atom is 0.262 e. The summed E-state index contributed by atoms with van der Waals surface area (Å²) in [6.07, 6.45) is 16.1. The molecule has 4 heterocycles. The molecule has 1 saturated carbocycles. The van der Waals surface area contributed by atoms with Crippen LogP contribution in [0.1, 0.15) is 88.2 Å². The molecule has 0 unspecified atom stereocenters. The summed E-state index contributed by atoms with van der Waals surface area (Å²) in [6.45, 7) is 11.5. The van der Waals surface area contributed by atoms with Crippen LogP contribution in [0.2, 0.25) is 0 Å². The number of hydrogen-bond acceptors (Lipinski definition) is 5. The van der Waals surface area contributed by atoms with E-state index in [1.54, 1.807) is 29.2 Å². The van der Waals surface area contributed by atoms with Gasteiger partial charge < -0.3 is 10.2 Å². The summed E-state index contributed by atoms with van der Waals surface area (Å²) in [5.41, 5.74) is 4.96. The van der Waals surface area contributed by atoms with E-state index in [1.165, 1.54) is 18.4 Å². The quantitative estimate of drug-likeness (QED) is 0.469. The van der Waals surface area contributed by atoms with Gasteiger partial charge in [0.15, 0.2) is 5.65 Å². The van der Waals surface area contributed by atoms with Crippen LogP contribution < -0.4 is 5.32 Å². The van der Waals surface area contributed by atoms with Crippen LogP contribution in [0.15, 0.2) is 48.4 Å². The Kier molecular flexibility index (Phi) is 6.46. The topological polar surface area (TPSA) is 80.4 Å². The summed E-state index contributed by atoms with van der Waals surface area (Å²) in [5, 5.41) is 12.5. The summed E-state index contributed by atoms with van der Waals surface area (Å²) in [7, 11) is 0. The van der Waals surface area contributed by atoms with E-state index in [9.17, 15) is 4.79 Å². The van der Waals surface area contributed by atoms with Crippen molar-refractivity contribution in [3.05, 3.63) is 59.7 Å². The van der Waals surface area contributed by atoms with Crippen LogP contribution in [0, 0.1) is 11.3 Å². The van der Waals surface area contributed by atoms with Gasteiger partial charge in [0.05, 0.1) is 11.9 Å². The standard InChI is InChI=1S/C30H39N7O/c1-20-6-8-23(9-7-20)37-27(33-29(38)25-19-32-36-13-5-12-31-28(25)36)18-26(34-37)21-10-14-35(15-11-21)24-16-22(17-24)30(2,3)4/h5-6,8,12-13,18-19,21-22,24H,7,9-11,14-17H2,1-4H3,(H,33,38). The van der Waals surface area contributed by atoms with Gasteiger partial charge in [0, 0.05) is 36.1 Å². The first-order valence-corrected chi connectivity index (χ1v) is 14.1. The molecule has 0 spiro atoms. The summed E-state index contributed by atoms with van der Waals surface area (Å²) >= 11 is 0. The zero-order valence-corrected chi connectivity index (χ0v) is 23.0. The lowest BCUT2D eigenvalue weighted by molar-refractivity contribution is 0.00893. The Bertz CT molecular complexity index is 1390. The molecular formula is C30H39N7O. The second-order valence-electron chi connectivity index (χ2n) is 12.4. The van der Waals surface area contributed by atoms with Gasteiger partial charge in [-0.2, -0.15) is 10.2 Å². The average Bonchev–Trinajstić information content (AvgIpc) is 3.48. The zero-order valence-electron chi connectivity index (χ0n) is 23.0. The highest BCUT2D eigenvalue weighted by atomic mass is 16.1. The minimum absolute atomic E-state index is 0.220. The second-order valence-corrected chi connectivity index (χ2v) is 12.4. The molecule has 6 rings (SSSR count). The highest BCUT2D eigenvalue weighted by molar-refractivity contribution is 6.08. The van der Waals surface area contributed by atoms with Crippen molar-refractivity contribution in [3.63, 3.8) is 0 Å². The maximum absolute atomic E-state index is 13.3. The monoisotopic (exact) mass is 513 g/mol. The van der Waals surface area contributed by atoms with Crippen LogP contribution >= 0.6 is 0 Å². The molecule has 2 fully saturated rings. The van der Waals surface area contributed by atoms with Gasteiger partial charge in [-0.15, -0.1) is 0 Å². The molecule has 3 aromatic heterocycles. The van der Waals surface area contributed by atoms with Crippen molar-refractivity contribution in [1.82, 2.24) is 29.3 Å². The Morgan fingerprint density at radius 2 is 1.89 bits per heavy atom. The van der Waals surface area contributed by atoms with Gasteiger partial charge in [-0.25, -0.2) is 14.2 Å². The fourth-order valence-electron chi connectivity index (χ4n) is 6.14. The predicted octanol–water partition coefficient (Wildman–Crippen LogP) is 5.76. The minimum Gasteiger partial charge on any atom is -0.306 e. The molecule has 0 bridgehead atoms. The van der Waals surface area contributed by atoms with Crippen LogP contribution in [0.4, 0.5) is 5.82 Å². The summed E-state index contributed by atoms with van der Waals surface area (Å²) < 4.78 is 3.57. The number of carbonyl (C=O) groups excluding carboxylic acids is 1. The zero-order chi connectivity index (χ0) is 26.4. The normalized spacial score (nSPS) is 23.2. The third kappa shape index (κ3) is 4.82. The molecule has 1 saturated heterocycles. The lowest BCUT2D eigenvalue weighted by Crippen LogP contribution is -2.50. The molecule has 1 aliphatic heterocycles. The molecule has 0 atom stereocenters. The number of piperidine rings is 1. The Labute approximate surface area is 224 Å². The van der Waals surface area contributed by atoms with E-state index in [2.05, 4.69) is 66.2 Å². The van der Waals surface area contributed by atoms with E-state index in [4.69, 9.17) is 5.10 Å². The van der Waals surface area contributed by atoms with Crippen LogP contribution in [-0.2, 0) is 0 Å². The van der Waals surface area contributed by atoms with Gasteiger partial charge in [0.1, 0.15) is 11.4 Å². The number of likely N-dealkylation sites (tertiary alicyclic amines) is 1. The number of carbonyl (C=O) groups is 1. The number of nitrogens with zero attached hydrogens (tertiary/aromatic N) is 6. The van der Waals surface area contributed by atoms with Gasteiger partial charge in [-0.3, -0.25) is 4.79 Å². The van der Waals surface area contributed by atoms with Gasteiger partial charge in [-0.1, -0.05) is 32.4 Å². The minimum atomic E-state index is -0.220. The predicted molar refractivity (Wildman–Crippen MR) is 150 cm³/mol. The van der Waals surface area contributed by atoms with Crippen LogP contribution in [0.5, 0.6) is 0 Å². The second kappa shape index (κ2) is 9.80. The first kappa shape index (κ1) is 25.0.